The van der Waals surface area contributed by atoms with Gasteiger partial charge in [-0.05, 0) is 51.5 Å². The summed E-state index contributed by atoms with van der Waals surface area (Å²) in [4.78, 5) is 12.0. The lowest BCUT2D eigenvalue weighted by atomic mass is 10.00. The number of allylic oxidation sites excluding steroid dienone is 2. The summed E-state index contributed by atoms with van der Waals surface area (Å²) >= 11 is 0. The van der Waals surface area contributed by atoms with E-state index in [9.17, 15) is 9.90 Å². The van der Waals surface area contributed by atoms with Crippen molar-refractivity contribution in [2.24, 2.45) is 0 Å². The van der Waals surface area contributed by atoms with Crippen LogP contribution in [0, 0.1) is 0 Å². The summed E-state index contributed by atoms with van der Waals surface area (Å²) in [6, 6.07) is 0.00521. The third kappa shape index (κ3) is 11.9. The molecule has 0 saturated carbocycles. The van der Waals surface area contributed by atoms with E-state index >= 15 is 0 Å². The Hall–Kier alpha value is -0.670. The van der Waals surface area contributed by atoms with Gasteiger partial charge in [-0.3, -0.25) is 4.79 Å². The first-order chi connectivity index (χ1) is 12.8. The monoisotopic (exact) mass is 365 g/mol. The van der Waals surface area contributed by atoms with Gasteiger partial charge in [-0.15, -0.1) is 0 Å². The number of ketones is 1. The van der Waals surface area contributed by atoms with Gasteiger partial charge in [0.05, 0.1) is 0 Å². The van der Waals surface area contributed by atoms with Crippen LogP contribution in [0.3, 0.4) is 0 Å². The minimum absolute atomic E-state index is 0.00521. The summed E-state index contributed by atoms with van der Waals surface area (Å²) in [6.45, 7) is 3.20. The molecule has 26 heavy (non-hydrogen) atoms. The van der Waals surface area contributed by atoms with Crippen LogP contribution in [0.15, 0.2) is 12.2 Å². The summed E-state index contributed by atoms with van der Waals surface area (Å²) in [6.07, 6.45) is 22.9. The molecule has 1 aliphatic rings. The molecule has 0 radical (unpaired) electrons. The molecule has 1 aliphatic heterocycles. The number of hydrogen-bond donors (Lipinski definition) is 2. The Morgan fingerprint density at radius 2 is 1.54 bits per heavy atom. The van der Waals surface area contributed by atoms with E-state index in [4.69, 9.17) is 0 Å². The van der Waals surface area contributed by atoms with Gasteiger partial charge >= 0.3 is 0 Å². The molecule has 2 atom stereocenters. The first-order valence-electron chi connectivity index (χ1n) is 11.3. The Morgan fingerprint density at radius 1 is 0.962 bits per heavy atom. The van der Waals surface area contributed by atoms with Crippen LogP contribution in [0.4, 0.5) is 0 Å². The molecule has 0 amide bonds. The highest BCUT2D eigenvalue weighted by molar-refractivity contribution is 5.83. The van der Waals surface area contributed by atoms with Crippen molar-refractivity contribution in [3.05, 3.63) is 12.2 Å². The van der Waals surface area contributed by atoms with Crippen LogP contribution in [-0.2, 0) is 4.79 Å². The zero-order valence-corrected chi connectivity index (χ0v) is 17.2. The molecule has 1 saturated heterocycles. The molecule has 152 valence electrons. The van der Waals surface area contributed by atoms with Crippen LogP contribution in [0.5, 0.6) is 0 Å². The number of nitrogens with one attached hydrogen (secondary N) is 1. The Bertz CT molecular complexity index is 361. The lowest BCUT2D eigenvalue weighted by Gasteiger charge is -2.16. The van der Waals surface area contributed by atoms with E-state index in [1.807, 2.05) is 0 Å². The number of carbonyl (C=O) groups excluding carboxylic acids is 1. The molecular formula is C23H43NO2. The van der Waals surface area contributed by atoms with Crippen molar-refractivity contribution in [1.29, 1.82) is 0 Å². The molecule has 3 heteroatoms. The van der Waals surface area contributed by atoms with Crippen LogP contribution in [0.1, 0.15) is 110 Å². The average Bonchev–Trinajstić information content (AvgIpc) is 3.18. The molecule has 0 aromatic rings. The van der Waals surface area contributed by atoms with Crippen molar-refractivity contribution in [3.63, 3.8) is 0 Å². The number of hydrogen-bond acceptors (Lipinski definition) is 3. The largest absolute Gasteiger partial charge is 0.384 e. The number of Topliss-reactive ketones (excluding diaryl/α,β-unsaturated/α-hetero) is 1. The van der Waals surface area contributed by atoms with Crippen LogP contribution in [0.25, 0.3) is 0 Å². The fourth-order valence-corrected chi connectivity index (χ4v) is 3.72. The summed E-state index contributed by atoms with van der Waals surface area (Å²) in [5.74, 6) is 0.0297. The van der Waals surface area contributed by atoms with Crippen molar-refractivity contribution < 1.29 is 9.90 Å². The number of carbonyl (C=O) groups is 1. The lowest BCUT2D eigenvalue weighted by molar-refractivity contribution is -0.128. The molecule has 1 heterocycles. The number of aliphatic hydroxyl groups is 1. The predicted molar refractivity (Wildman–Crippen MR) is 111 cm³/mol. The maximum atomic E-state index is 12.0. The van der Waals surface area contributed by atoms with Crippen molar-refractivity contribution in [2.75, 3.05) is 6.54 Å². The Labute approximate surface area is 162 Å². The normalized spacial score (nSPS) is 18.6. The maximum Gasteiger partial charge on any atom is 0.162 e. The lowest BCUT2D eigenvalue weighted by Crippen LogP contribution is -2.40. The molecule has 0 bridgehead atoms. The van der Waals surface area contributed by atoms with E-state index in [2.05, 4.69) is 24.4 Å². The second-order valence-corrected chi connectivity index (χ2v) is 7.95. The predicted octanol–water partition coefficient (Wildman–Crippen LogP) is 5.71. The van der Waals surface area contributed by atoms with Gasteiger partial charge < -0.3 is 10.4 Å². The van der Waals surface area contributed by atoms with E-state index in [1.165, 1.54) is 70.6 Å². The molecule has 3 nitrogen and oxygen atoms in total. The van der Waals surface area contributed by atoms with Gasteiger partial charge in [0, 0.05) is 12.5 Å². The minimum Gasteiger partial charge on any atom is -0.384 e. The van der Waals surface area contributed by atoms with Gasteiger partial charge in [0.2, 0.25) is 0 Å². The molecule has 0 aromatic heterocycles. The highest BCUT2D eigenvalue weighted by Gasteiger charge is 2.27. The van der Waals surface area contributed by atoms with Crippen molar-refractivity contribution in [2.45, 2.75) is 122 Å². The van der Waals surface area contributed by atoms with Crippen LogP contribution in [-0.4, -0.2) is 29.6 Å². The molecule has 1 fully saturated rings. The maximum absolute atomic E-state index is 12.0. The first-order valence-corrected chi connectivity index (χ1v) is 11.3. The van der Waals surface area contributed by atoms with Gasteiger partial charge in [0.15, 0.2) is 5.78 Å². The summed E-state index contributed by atoms with van der Waals surface area (Å²) < 4.78 is 0. The van der Waals surface area contributed by atoms with Crippen LogP contribution >= 0.6 is 0 Å². The van der Waals surface area contributed by atoms with Gasteiger partial charge in [-0.1, -0.05) is 70.4 Å². The van der Waals surface area contributed by atoms with Crippen LogP contribution < -0.4 is 5.32 Å². The fraction of sp³-hybridized carbons (Fsp3) is 0.870. The number of aliphatic hydroxyl groups excluding tert-OH is 1. The molecule has 1 rings (SSSR count). The minimum atomic E-state index is -0.783. The first kappa shape index (κ1) is 23.4. The highest BCUT2D eigenvalue weighted by atomic mass is 16.3. The smallest absolute Gasteiger partial charge is 0.162 e. The van der Waals surface area contributed by atoms with E-state index in [0.717, 1.165) is 32.2 Å². The summed E-state index contributed by atoms with van der Waals surface area (Å²) in [7, 11) is 0. The van der Waals surface area contributed by atoms with Gasteiger partial charge in [-0.2, -0.15) is 0 Å². The number of rotatable bonds is 17. The van der Waals surface area contributed by atoms with Crippen LogP contribution in [0.2, 0.25) is 0 Å². The zero-order valence-electron chi connectivity index (χ0n) is 17.2. The Balaban J connectivity index is 1.82. The van der Waals surface area contributed by atoms with Crippen molar-refractivity contribution >= 4 is 5.78 Å². The van der Waals surface area contributed by atoms with E-state index < -0.39 is 6.10 Å². The van der Waals surface area contributed by atoms with Gasteiger partial charge in [0.25, 0.3) is 0 Å². The molecule has 1 unspecified atom stereocenters. The van der Waals surface area contributed by atoms with E-state index in [-0.39, 0.29) is 11.8 Å². The Kier molecular flexibility index (Phi) is 14.8. The summed E-state index contributed by atoms with van der Waals surface area (Å²) in [5, 5.41) is 13.2. The van der Waals surface area contributed by atoms with E-state index in [1.54, 1.807) is 0 Å². The Morgan fingerprint density at radius 3 is 2.12 bits per heavy atom. The zero-order chi connectivity index (χ0) is 18.9. The second kappa shape index (κ2) is 16.5. The molecular weight excluding hydrogens is 322 g/mol. The second-order valence-electron chi connectivity index (χ2n) is 7.95. The topological polar surface area (TPSA) is 49.3 Å². The van der Waals surface area contributed by atoms with E-state index in [0.29, 0.717) is 6.42 Å². The third-order valence-electron chi connectivity index (χ3n) is 5.49. The molecule has 0 aromatic carbocycles. The van der Waals surface area contributed by atoms with Gasteiger partial charge in [0.1, 0.15) is 6.10 Å². The third-order valence-corrected chi connectivity index (χ3v) is 5.49. The number of unbranched alkanes of at least 4 members (excludes halogenated alkanes) is 11. The molecule has 0 spiro atoms. The average molecular weight is 366 g/mol. The quantitative estimate of drug-likeness (QED) is 0.256. The summed E-state index contributed by atoms with van der Waals surface area (Å²) in [5.41, 5.74) is 0. The van der Waals surface area contributed by atoms with Crippen molar-refractivity contribution in [3.8, 4) is 0 Å². The fourth-order valence-electron chi connectivity index (χ4n) is 3.72. The molecule has 2 N–H and O–H groups in total. The van der Waals surface area contributed by atoms with Crippen molar-refractivity contribution in [1.82, 2.24) is 5.32 Å². The SMILES string of the molecule is CCCCCCCC/C=C\CCCCCCCC(=O)C(O)[C@@H]1CCCN1. The van der Waals surface area contributed by atoms with Gasteiger partial charge in [-0.25, -0.2) is 0 Å². The highest BCUT2D eigenvalue weighted by Crippen LogP contribution is 2.14. The molecule has 0 aliphatic carbocycles. The standard InChI is InChI=1S/C23H43NO2/c1-2-3-4-5-6-7-8-9-10-11-12-13-14-15-16-19-22(25)23(26)21-18-17-20-24-21/h9-10,21,23-24,26H,2-8,11-20H2,1H3/b10-9-/t21-,23?/m0/s1.